The third-order valence-electron chi connectivity index (χ3n) is 4.24. The second kappa shape index (κ2) is 5.16. The Bertz CT molecular complexity index is 805. The summed E-state index contributed by atoms with van der Waals surface area (Å²) in [6.07, 6.45) is 3.02. The number of nitrogens with zero attached hydrogens (tertiary/aromatic N) is 4. The SMILES string of the molecule is CN([C@H]1C[C@@H](n2ccc3c(N)ncnc32)C[C@@H]1O)S(=O)(=O)O. The van der Waals surface area contributed by atoms with Gasteiger partial charge in [0, 0.05) is 19.3 Å². The summed E-state index contributed by atoms with van der Waals surface area (Å²) >= 11 is 0. The monoisotopic (exact) mass is 327 g/mol. The first-order valence-electron chi connectivity index (χ1n) is 6.74. The molecule has 22 heavy (non-hydrogen) atoms. The average Bonchev–Trinajstić information content (AvgIpc) is 3.01. The van der Waals surface area contributed by atoms with Gasteiger partial charge in [-0.3, -0.25) is 4.55 Å². The van der Waals surface area contributed by atoms with Crippen molar-refractivity contribution >= 4 is 27.2 Å². The molecule has 4 N–H and O–H groups in total. The smallest absolute Gasteiger partial charge is 0.335 e. The summed E-state index contributed by atoms with van der Waals surface area (Å²) in [5.74, 6) is 0.369. The molecule has 3 atom stereocenters. The standard InChI is InChI=1S/C12H17N5O4S/c1-16(22(19,20)21)9-4-7(5-10(9)18)17-3-2-8-11(13)14-6-15-12(8)17/h2-3,6-7,9-10,18H,4-5H2,1H3,(H2,13,14,15)(H,19,20,21)/t7-,9+,10+/m1/s1. The van der Waals surface area contributed by atoms with Crippen molar-refractivity contribution in [3.8, 4) is 0 Å². The average molecular weight is 327 g/mol. The van der Waals surface area contributed by atoms with E-state index in [0.29, 0.717) is 29.7 Å². The van der Waals surface area contributed by atoms with Crippen molar-refractivity contribution in [1.29, 1.82) is 0 Å². The first-order valence-corrected chi connectivity index (χ1v) is 8.14. The summed E-state index contributed by atoms with van der Waals surface area (Å²) in [5.41, 5.74) is 6.43. The second-order valence-corrected chi connectivity index (χ2v) is 6.94. The highest BCUT2D eigenvalue weighted by Crippen LogP contribution is 2.36. The lowest BCUT2D eigenvalue weighted by Crippen LogP contribution is -2.41. The van der Waals surface area contributed by atoms with Crippen LogP contribution in [-0.4, -0.2) is 56.1 Å². The van der Waals surface area contributed by atoms with Gasteiger partial charge >= 0.3 is 10.3 Å². The van der Waals surface area contributed by atoms with Crippen molar-refractivity contribution in [2.45, 2.75) is 31.0 Å². The number of anilines is 1. The molecule has 1 aliphatic rings. The van der Waals surface area contributed by atoms with Crippen LogP contribution in [0, 0.1) is 0 Å². The highest BCUT2D eigenvalue weighted by molar-refractivity contribution is 7.83. The van der Waals surface area contributed by atoms with Crippen molar-refractivity contribution in [2.24, 2.45) is 0 Å². The van der Waals surface area contributed by atoms with Crippen molar-refractivity contribution in [3.63, 3.8) is 0 Å². The van der Waals surface area contributed by atoms with E-state index in [4.69, 9.17) is 10.3 Å². The van der Waals surface area contributed by atoms with E-state index < -0.39 is 22.4 Å². The van der Waals surface area contributed by atoms with E-state index in [-0.39, 0.29) is 6.04 Å². The number of rotatable bonds is 3. The Morgan fingerprint density at radius 3 is 2.82 bits per heavy atom. The summed E-state index contributed by atoms with van der Waals surface area (Å²) in [6.45, 7) is 0. The third kappa shape index (κ3) is 2.43. The Balaban J connectivity index is 1.92. The van der Waals surface area contributed by atoms with Gasteiger partial charge in [-0.05, 0) is 18.9 Å². The molecule has 2 heterocycles. The Morgan fingerprint density at radius 2 is 2.14 bits per heavy atom. The van der Waals surface area contributed by atoms with Crippen LogP contribution < -0.4 is 5.73 Å². The first-order chi connectivity index (χ1) is 10.3. The van der Waals surface area contributed by atoms with Crippen molar-refractivity contribution in [3.05, 3.63) is 18.6 Å². The molecule has 9 nitrogen and oxygen atoms in total. The van der Waals surface area contributed by atoms with E-state index in [1.165, 1.54) is 13.4 Å². The molecule has 0 aromatic carbocycles. The lowest BCUT2D eigenvalue weighted by Gasteiger charge is -2.23. The highest BCUT2D eigenvalue weighted by atomic mass is 32.2. The van der Waals surface area contributed by atoms with Crippen LogP contribution in [0.4, 0.5) is 5.82 Å². The number of likely N-dealkylation sites (N-methyl/N-ethyl adjacent to an activating group) is 1. The van der Waals surface area contributed by atoms with Crippen LogP contribution >= 0.6 is 0 Å². The minimum atomic E-state index is -4.34. The molecule has 1 aliphatic carbocycles. The number of fused-ring (bicyclic) bond motifs is 1. The quantitative estimate of drug-likeness (QED) is 0.665. The van der Waals surface area contributed by atoms with Gasteiger partial charge in [0.25, 0.3) is 0 Å². The topological polar surface area (TPSA) is 135 Å². The Hall–Kier alpha value is -1.75. The molecule has 2 aromatic heterocycles. The number of aliphatic hydroxyl groups excluding tert-OH is 1. The maximum Gasteiger partial charge on any atom is 0.335 e. The lowest BCUT2D eigenvalue weighted by atomic mass is 10.2. The lowest BCUT2D eigenvalue weighted by molar-refractivity contribution is 0.117. The van der Waals surface area contributed by atoms with Crippen LogP contribution in [0.5, 0.6) is 0 Å². The van der Waals surface area contributed by atoms with E-state index in [0.717, 1.165) is 4.31 Å². The molecule has 0 saturated heterocycles. The van der Waals surface area contributed by atoms with Crippen LogP contribution in [0.3, 0.4) is 0 Å². The fourth-order valence-electron chi connectivity index (χ4n) is 3.04. The first kappa shape index (κ1) is 15.2. The van der Waals surface area contributed by atoms with Crippen molar-refractivity contribution < 1.29 is 18.1 Å². The van der Waals surface area contributed by atoms with Gasteiger partial charge < -0.3 is 15.4 Å². The molecular weight excluding hydrogens is 310 g/mol. The fourth-order valence-corrected chi connectivity index (χ4v) is 3.61. The van der Waals surface area contributed by atoms with E-state index in [1.54, 1.807) is 12.3 Å². The molecule has 0 bridgehead atoms. The third-order valence-corrected chi connectivity index (χ3v) is 5.23. The minimum absolute atomic E-state index is 0.143. The van der Waals surface area contributed by atoms with Gasteiger partial charge in [-0.25, -0.2) is 9.97 Å². The number of nitrogen functional groups attached to an aromatic ring is 1. The molecule has 3 rings (SSSR count). The maximum atomic E-state index is 11.2. The zero-order chi connectivity index (χ0) is 16.1. The molecule has 2 aromatic rings. The molecule has 120 valence electrons. The normalized spacial score (nSPS) is 26.1. The Kier molecular flexibility index (Phi) is 3.56. The molecule has 0 amide bonds. The Labute approximate surface area is 127 Å². The summed E-state index contributed by atoms with van der Waals surface area (Å²) in [5, 5.41) is 10.8. The Morgan fingerprint density at radius 1 is 1.41 bits per heavy atom. The van der Waals surface area contributed by atoms with Crippen LogP contribution in [0.25, 0.3) is 11.0 Å². The molecule has 1 fully saturated rings. The summed E-state index contributed by atoms with van der Waals surface area (Å²) < 4.78 is 34.3. The van der Waals surface area contributed by atoms with Gasteiger partial charge in [0.05, 0.1) is 17.5 Å². The fraction of sp³-hybridized carbons (Fsp3) is 0.500. The van der Waals surface area contributed by atoms with Gasteiger partial charge in [0.15, 0.2) is 0 Å². The largest absolute Gasteiger partial charge is 0.391 e. The second-order valence-electron chi connectivity index (χ2n) is 5.47. The minimum Gasteiger partial charge on any atom is -0.391 e. The van der Waals surface area contributed by atoms with Crippen LogP contribution in [0.1, 0.15) is 18.9 Å². The number of hydrogen-bond donors (Lipinski definition) is 3. The maximum absolute atomic E-state index is 11.2. The molecule has 0 unspecified atom stereocenters. The number of nitrogens with two attached hydrogens (primary N) is 1. The van der Waals surface area contributed by atoms with Crippen molar-refractivity contribution in [1.82, 2.24) is 18.8 Å². The molecule has 0 radical (unpaired) electrons. The summed E-state index contributed by atoms with van der Waals surface area (Å²) in [4.78, 5) is 8.12. The number of hydrogen-bond acceptors (Lipinski definition) is 6. The van der Waals surface area contributed by atoms with Gasteiger partial charge in [0.2, 0.25) is 0 Å². The molecule has 10 heteroatoms. The van der Waals surface area contributed by atoms with Crippen molar-refractivity contribution in [2.75, 3.05) is 12.8 Å². The molecular formula is C12H17N5O4S. The predicted octanol–water partition coefficient (Wildman–Crippen LogP) is -0.187. The van der Waals surface area contributed by atoms with Gasteiger partial charge in [-0.15, -0.1) is 0 Å². The predicted molar refractivity (Wildman–Crippen MR) is 79.3 cm³/mol. The van der Waals surface area contributed by atoms with E-state index >= 15 is 0 Å². The summed E-state index contributed by atoms with van der Waals surface area (Å²) in [7, 11) is -3.09. The van der Waals surface area contributed by atoms with Gasteiger partial charge in [-0.1, -0.05) is 0 Å². The zero-order valence-electron chi connectivity index (χ0n) is 11.9. The highest BCUT2D eigenvalue weighted by Gasteiger charge is 2.40. The van der Waals surface area contributed by atoms with Crippen LogP contribution in [-0.2, 0) is 10.3 Å². The molecule has 0 spiro atoms. The van der Waals surface area contributed by atoms with Crippen LogP contribution in [0.2, 0.25) is 0 Å². The zero-order valence-corrected chi connectivity index (χ0v) is 12.7. The molecule has 0 aliphatic heterocycles. The van der Waals surface area contributed by atoms with Gasteiger partial charge in [0.1, 0.15) is 17.8 Å². The summed E-state index contributed by atoms with van der Waals surface area (Å²) in [6, 6.07) is 0.962. The molecule has 1 saturated carbocycles. The number of aromatic nitrogens is 3. The van der Waals surface area contributed by atoms with E-state index in [9.17, 15) is 13.5 Å². The van der Waals surface area contributed by atoms with E-state index in [1.807, 2.05) is 4.57 Å². The van der Waals surface area contributed by atoms with Crippen LogP contribution in [0.15, 0.2) is 18.6 Å². The number of aliphatic hydroxyl groups is 1. The van der Waals surface area contributed by atoms with Gasteiger partial charge in [-0.2, -0.15) is 12.7 Å². The van der Waals surface area contributed by atoms with E-state index in [2.05, 4.69) is 9.97 Å².